The number of nitrogens with one attached hydrogen (secondary N) is 1. The van der Waals surface area contributed by atoms with Crippen LogP contribution in [-0.2, 0) is 0 Å². The fourth-order valence-corrected chi connectivity index (χ4v) is 0.844. The van der Waals surface area contributed by atoms with E-state index in [0.717, 1.165) is 13.2 Å². The first-order valence-corrected chi connectivity index (χ1v) is 3.28. The molecule has 3 nitrogen and oxygen atoms in total. The van der Waals surface area contributed by atoms with Crippen molar-refractivity contribution < 1.29 is 0 Å². The molecule has 0 spiro atoms. The van der Waals surface area contributed by atoms with E-state index in [1.54, 1.807) is 0 Å². The van der Waals surface area contributed by atoms with Crippen LogP contribution in [0, 0.1) is 5.92 Å². The van der Waals surface area contributed by atoms with Crippen LogP contribution in [0.3, 0.4) is 0 Å². The van der Waals surface area contributed by atoms with Gasteiger partial charge in [0.1, 0.15) is 0 Å². The first-order valence-electron chi connectivity index (χ1n) is 3.28. The molecular weight excluding hydrogens is 114 g/mol. The summed E-state index contributed by atoms with van der Waals surface area (Å²) in [4.78, 5) is 2.14. The lowest BCUT2D eigenvalue weighted by Gasteiger charge is -2.17. The number of nitrogens with zero attached hydrogens (tertiary/aromatic N) is 1. The highest BCUT2D eigenvalue weighted by Gasteiger charge is 1.97. The molecule has 0 aromatic carbocycles. The Hall–Kier alpha value is -0.120. The van der Waals surface area contributed by atoms with Crippen molar-refractivity contribution in [1.82, 2.24) is 10.3 Å². The molecule has 9 heavy (non-hydrogen) atoms. The van der Waals surface area contributed by atoms with Gasteiger partial charge >= 0.3 is 0 Å². The maximum atomic E-state index is 5.11. The highest BCUT2D eigenvalue weighted by molar-refractivity contribution is 4.50. The topological polar surface area (TPSA) is 41.3 Å². The lowest BCUT2D eigenvalue weighted by atomic mass is 10.2. The normalized spacial score (nSPS) is 11.3. The van der Waals surface area contributed by atoms with E-state index >= 15 is 0 Å². The second-order valence-electron chi connectivity index (χ2n) is 2.79. The van der Waals surface area contributed by atoms with E-state index in [0.29, 0.717) is 5.92 Å². The van der Waals surface area contributed by atoms with E-state index in [1.807, 2.05) is 7.05 Å². The van der Waals surface area contributed by atoms with Gasteiger partial charge in [0.25, 0.3) is 0 Å². The SMILES string of the molecule is CC(C)CN(C)CNN. The summed E-state index contributed by atoms with van der Waals surface area (Å²) in [5.41, 5.74) is 2.60. The average Bonchev–Trinajstić information content (AvgIpc) is 1.63. The summed E-state index contributed by atoms with van der Waals surface area (Å²) in [7, 11) is 2.04. The molecule has 0 aliphatic rings. The van der Waals surface area contributed by atoms with Crippen LogP contribution in [0.15, 0.2) is 0 Å². The third kappa shape index (κ3) is 5.76. The zero-order chi connectivity index (χ0) is 7.28. The highest BCUT2D eigenvalue weighted by atomic mass is 15.3. The molecule has 0 bridgehead atoms. The van der Waals surface area contributed by atoms with Crippen LogP contribution >= 0.6 is 0 Å². The molecule has 0 unspecified atom stereocenters. The van der Waals surface area contributed by atoms with Crippen LogP contribution in [0.5, 0.6) is 0 Å². The Bertz CT molecular complexity index is 63.3. The zero-order valence-corrected chi connectivity index (χ0v) is 6.52. The molecule has 0 aromatic heterocycles. The zero-order valence-electron chi connectivity index (χ0n) is 6.52. The molecule has 0 fully saturated rings. The highest BCUT2D eigenvalue weighted by Crippen LogP contribution is 1.92. The van der Waals surface area contributed by atoms with Gasteiger partial charge in [-0.05, 0) is 13.0 Å². The molecule has 0 aliphatic heterocycles. The second kappa shape index (κ2) is 4.73. The number of hydrogen-bond donors (Lipinski definition) is 2. The summed E-state index contributed by atoms with van der Waals surface area (Å²) in [6.45, 7) is 6.22. The Morgan fingerprint density at radius 1 is 1.56 bits per heavy atom. The van der Waals surface area contributed by atoms with Crippen molar-refractivity contribution in [3.63, 3.8) is 0 Å². The monoisotopic (exact) mass is 131 g/mol. The van der Waals surface area contributed by atoms with Crippen LogP contribution in [0.25, 0.3) is 0 Å². The summed E-state index contributed by atoms with van der Waals surface area (Å²) >= 11 is 0. The number of hydrazine groups is 1. The third-order valence-electron chi connectivity index (χ3n) is 1.04. The van der Waals surface area contributed by atoms with Gasteiger partial charge in [0.05, 0.1) is 6.67 Å². The van der Waals surface area contributed by atoms with Gasteiger partial charge in [-0.15, -0.1) is 0 Å². The lowest BCUT2D eigenvalue weighted by molar-refractivity contribution is 0.276. The molecule has 56 valence electrons. The maximum absolute atomic E-state index is 5.11. The van der Waals surface area contributed by atoms with Gasteiger partial charge in [-0.3, -0.25) is 10.7 Å². The molecule has 0 amide bonds. The Labute approximate surface area is 57.2 Å². The summed E-state index contributed by atoms with van der Waals surface area (Å²) in [5, 5.41) is 0. The fraction of sp³-hybridized carbons (Fsp3) is 1.00. The summed E-state index contributed by atoms with van der Waals surface area (Å²) in [6.07, 6.45) is 0. The lowest BCUT2D eigenvalue weighted by Crippen LogP contribution is -2.37. The van der Waals surface area contributed by atoms with Gasteiger partial charge in [-0.25, -0.2) is 5.43 Å². The Balaban J connectivity index is 3.15. The average molecular weight is 131 g/mol. The minimum absolute atomic E-state index is 0.711. The molecule has 0 saturated heterocycles. The summed E-state index contributed by atoms with van der Waals surface area (Å²) < 4.78 is 0. The largest absolute Gasteiger partial charge is 0.292 e. The Morgan fingerprint density at radius 3 is 2.44 bits per heavy atom. The summed E-state index contributed by atoms with van der Waals surface area (Å²) in [6, 6.07) is 0. The van der Waals surface area contributed by atoms with E-state index in [-0.39, 0.29) is 0 Å². The minimum Gasteiger partial charge on any atom is -0.292 e. The predicted molar refractivity (Wildman–Crippen MR) is 39.7 cm³/mol. The molecule has 0 rings (SSSR count). The van der Waals surface area contributed by atoms with Crippen LogP contribution in [0.1, 0.15) is 13.8 Å². The van der Waals surface area contributed by atoms with Crippen molar-refractivity contribution in [2.24, 2.45) is 11.8 Å². The van der Waals surface area contributed by atoms with E-state index in [9.17, 15) is 0 Å². The van der Waals surface area contributed by atoms with Crippen LogP contribution in [0.4, 0.5) is 0 Å². The van der Waals surface area contributed by atoms with Crippen molar-refractivity contribution in [3.05, 3.63) is 0 Å². The van der Waals surface area contributed by atoms with Gasteiger partial charge < -0.3 is 0 Å². The van der Waals surface area contributed by atoms with Crippen molar-refractivity contribution in [1.29, 1.82) is 0 Å². The summed E-state index contributed by atoms with van der Waals surface area (Å²) in [5.74, 6) is 5.82. The molecule has 3 N–H and O–H groups in total. The maximum Gasteiger partial charge on any atom is 0.0610 e. The number of hydrogen-bond acceptors (Lipinski definition) is 3. The van der Waals surface area contributed by atoms with E-state index in [4.69, 9.17) is 5.84 Å². The molecule has 0 aliphatic carbocycles. The van der Waals surface area contributed by atoms with E-state index < -0.39 is 0 Å². The molecule has 0 heterocycles. The third-order valence-corrected chi connectivity index (χ3v) is 1.04. The standard InChI is InChI=1S/C6H17N3/c1-6(2)4-9(3)5-8-7/h6,8H,4-5,7H2,1-3H3. The van der Waals surface area contributed by atoms with Crippen molar-refractivity contribution in [2.75, 3.05) is 20.3 Å². The molecule has 0 radical (unpaired) electrons. The molecule has 0 saturated carbocycles. The first-order chi connectivity index (χ1) is 4.16. The second-order valence-corrected chi connectivity index (χ2v) is 2.79. The van der Waals surface area contributed by atoms with Gasteiger partial charge in [0.2, 0.25) is 0 Å². The van der Waals surface area contributed by atoms with E-state index in [1.165, 1.54) is 0 Å². The van der Waals surface area contributed by atoms with Gasteiger partial charge in [0.15, 0.2) is 0 Å². The van der Waals surface area contributed by atoms with Crippen molar-refractivity contribution >= 4 is 0 Å². The van der Waals surface area contributed by atoms with Gasteiger partial charge in [-0.2, -0.15) is 0 Å². The Morgan fingerprint density at radius 2 is 2.11 bits per heavy atom. The molecular formula is C6H17N3. The molecule has 3 heteroatoms. The van der Waals surface area contributed by atoms with Gasteiger partial charge in [0, 0.05) is 6.54 Å². The van der Waals surface area contributed by atoms with E-state index in [2.05, 4.69) is 24.2 Å². The van der Waals surface area contributed by atoms with Crippen LogP contribution in [0.2, 0.25) is 0 Å². The minimum atomic E-state index is 0.711. The van der Waals surface area contributed by atoms with Crippen LogP contribution < -0.4 is 11.3 Å². The van der Waals surface area contributed by atoms with Gasteiger partial charge in [-0.1, -0.05) is 13.8 Å². The number of rotatable bonds is 4. The Kier molecular flexibility index (Phi) is 4.67. The molecule has 0 aromatic rings. The quantitative estimate of drug-likeness (QED) is 0.320. The van der Waals surface area contributed by atoms with Crippen molar-refractivity contribution in [2.45, 2.75) is 13.8 Å². The fourth-order valence-electron chi connectivity index (χ4n) is 0.844. The predicted octanol–water partition coefficient (Wildman–Crippen LogP) is -0.00500. The molecule has 0 atom stereocenters. The number of nitrogens with two attached hydrogens (primary N) is 1. The van der Waals surface area contributed by atoms with Crippen LogP contribution in [-0.4, -0.2) is 25.2 Å². The first kappa shape index (κ1) is 8.88. The van der Waals surface area contributed by atoms with Crippen molar-refractivity contribution in [3.8, 4) is 0 Å². The smallest absolute Gasteiger partial charge is 0.0610 e.